The lowest BCUT2D eigenvalue weighted by atomic mass is 9.98. The van der Waals surface area contributed by atoms with Crippen LogP contribution in [0.3, 0.4) is 0 Å². The van der Waals surface area contributed by atoms with Crippen LogP contribution >= 0.6 is 23.2 Å². The van der Waals surface area contributed by atoms with E-state index in [-0.39, 0.29) is 11.1 Å². The molecule has 0 bridgehead atoms. The number of hydrogen-bond donors (Lipinski definition) is 1. The van der Waals surface area contributed by atoms with E-state index in [1.807, 2.05) is 24.3 Å². The Morgan fingerprint density at radius 1 is 1.07 bits per heavy atom. The van der Waals surface area contributed by atoms with Gasteiger partial charge in [-0.3, -0.25) is 0 Å². The van der Waals surface area contributed by atoms with Gasteiger partial charge in [-0.1, -0.05) is 83.9 Å². The zero-order chi connectivity index (χ0) is 20.2. The van der Waals surface area contributed by atoms with Gasteiger partial charge in [0, 0.05) is 18.7 Å². The first-order chi connectivity index (χ1) is 14.1. The number of nitrogens with zero attached hydrogens (tertiary/aromatic N) is 1. The molecule has 0 saturated carbocycles. The molecule has 1 aliphatic rings. The first kappa shape index (κ1) is 19.5. The first-order valence-electron chi connectivity index (χ1n) is 9.20. The largest absolute Gasteiger partial charge is 0.449 e. The molecule has 0 radical (unpaired) electrons. The molecule has 2 aromatic carbocycles. The van der Waals surface area contributed by atoms with Gasteiger partial charge in [-0.05, 0) is 33.9 Å². The van der Waals surface area contributed by atoms with Crippen LogP contribution in [-0.4, -0.2) is 24.2 Å². The average molecular weight is 425 g/mol. The number of carbonyl (C=O) groups excluding carboxylic acids is 1. The van der Waals surface area contributed by atoms with Crippen molar-refractivity contribution in [3.8, 4) is 11.1 Å². The number of hydrogen-bond acceptors (Lipinski definition) is 3. The minimum atomic E-state index is -0.455. The molecule has 0 spiro atoms. The van der Waals surface area contributed by atoms with Crippen LogP contribution in [0.5, 0.6) is 0 Å². The van der Waals surface area contributed by atoms with E-state index < -0.39 is 6.09 Å². The van der Waals surface area contributed by atoms with E-state index in [2.05, 4.69) is 34.6 Å². The van der Waals surface area contributed by atoms with Crippen LogP contribution in [0, 0.1) is 0 Å². The Morgan fingerprint density at radius 2 is 1.72 bits per heavy atom. The lowest BCUT2D eigenvalue weighted by Crippen LogP contribution is -2.26. The quantitative estimate of drug-likeness (QED) is 0.515. The van der Waals surface area contributed by atoms with Gasteiger partial charge in [-0.25, -0.2) is 9.78 Å². The number of nitrogens with one attached hydrogen (secondary N) is 1. The van der Waals surface area contributed by atoms with Gasteiger partial charge < -0.3 is 10.1 Å². The average Bonchev–Trinajstić information content (AvgIpc) is 3.06. The molecule has 146 valence electrons. The van der Waals surface area contributed by atoms with Gasteiger partial charge in [0.2, 0.25) is 0 Å². The molecule has 1 aromatic heterocycles. The molecule has 1 heterocycles. The highest BCUT2D eigenvalue weighted by molar-refractivity contribution is 6.41. The van der Waals surface area contributed by atoms with Gasteiger partial charge in [0.25, 0.3) is 0 Å². The summed E-state index contributed by atoms with van der Waals surface area (Å²) < 4.78 is 5.49. The second-order valence-electron chi connectivity index (χ2n) is 6.65. The summed E-state index contributed by atoms with van der Waals surface area (Å²) in [4.78, 5) is 16.1. The fourth-order valence-corrected chi connectivity index (χ4v) is 3.79. The summed E-state index contributed by atoms with van der Waals surface area (Å²) in [6.07, 6.45) is 4.75. The van der Waals surface area contributed by atoms with Crippen molar-refractivity contribution in [1.29, 1.82) is 0 Å². The molecule has 4 rings (SSSR count). The predicted molar refractivity (Wildman–Crippen MR) is 116 cm³/mol. The Hall–Kier alpha value is -2.82. The standard InChI is InChI=1S/C23H18Cl2N2O2/c24-21-12-15(13-27-22(21)25)6-5-11-26-23(28)29-14-20-18-9-3-1-7-16(18)17-8-2-4-10-19(17)20/h1-10,12-13,20H,11,14H2,(H,26,28). The fraction of sp³-hybridized carbons (Fsp3) is 0.130. The molecule has 1 N–H and O–H groups in total. The summed E-state index contributed by atoms with van der Waals surface area (Å²) >= 11 is 11.7. The zero-order valence-electron chi connectivity index (χ0n) is 15.4. The van der Waals surface area contributed by atoms with Crippen LogP contribution in [0.25, 0.3) is 17.2 Å². The van der Waals surface area contributed by atoms with Crippen molar-refractivity contribution < 1.29 is 9.53 Å². The minimum Gasteiger partial charge on any atom is -0.449 e. The summed E-state index contributed by atoms with van der Waals surface area (Å²) in [5, 5.41) is 3.38. The normalized spacial score (nSPS) is 12.6. The van der Waals surface area contributed by atoms with E-state index in [0.29, 0.717) is 18.2 Å². The number of fused-ring (bicyclic) bond motifs is 3. The zero-order valence-corrected chi connectivity index (χ0v) is 17.0. The molecule has 0 fully saturated rings. The van der Waals surface area contributed by atoms with Crippen LogP contribution in [0.1, 0.15) is 22.6 Å². The summed E-state index contributed by atoms with van der Waals surface area (Å²) in [5.74, 6) is 0.0472. The number of ether oxygens (including phenoxy) is 1. The number of amides is 1. The van der Waals surface area contributed by atoms with Gasteiger partial charge in [0.15, 0.2) is 0 Å². The van der Waals surface area contributed by atoms with Crippen molar-refractivity contribution >= 4 is 35.4 Å². The third-order valence-electron chi connectivity index (χ3n) is 4.84. The van der Waals surface area contributed by atoms with E-state index in [1.165, 1.54) is 22.3 Å². The Bertz CT molecular complexity index is 1040. The number of rotatable bonds is 5. The number of carbonyl (C=O) groups is 1. The van der Waals surface area contributed by atoms with Crippen LogP contribution in [-0.2, 0) is 4.74 Å². The summed E-state index contributed by atoms with van der Waals surface area (Å²) in [6, 6.07) is 18.2. The van der Waals surface area contributed by atoms with E-state index >= 15 is 0 Å². The van der Waals surface area contributed by atoms with Crippen LogP contribution in [0.15, 0.2) is 66.9 Å². The maximum atomic E-state index is 12.1. The number of halogens is 2. The van der Waals surface area contributed by atoms with E-state index in [9.17, 15) is 4.79 Å². The fourth-order valence-electron chi connectivity index (χ4n) is 3.51. The molecule has 0 aliphatic heterocycles. The van der Waals surface area contributed by atoms with Crippen molar-refractivity contribution in [3.63, 3.8) is 0 Å². The van der Waals surface area contributed by atoms with Crippen molar-refractivity contribution in [2.75, 3.05) is 13.2 Å². The van der Waals surface area contributed by atoms with Gasteiger partial charge in [-0.15, -0.1) is 0 Å². The molecule has 0 saturated heterocycles. The van der Waals surface area contributed by atoms with Crippen molar-refractivity contribution in [1.82, 2.24) is 10.3 Å². The van der Waals surface area contributed by atoms with Gasteiger partial charge in [-0.2, -0.15) is 0 Å². The van der Waals surface area contributed by atoms with Crippen LogP contribution in [0.4, 0.5) is 4.79 Å². The monoisotopic (exact) mass is 424 g/mol. The third kappa shape index (κ3) is 4.29. The summed E-state index contributed by atoms with van der Waals surface area (Å²) in [7, 11) is 0. The summed E-state index contributed by atoms with van der Waals surface area (Å²) in [6.45, 7) is 0.622. The second-order valence-corrected chi connectivity index (χ2v) is 7.42. The Labute approximate surface area is 179 Å². The molecular formula is C23H18Cl2N2O2. The highest BCUT2D eigenvalue weighted by atomic mass is 35.5. The lowest BCUT2D eigenvalue weighted by Gasteiger charge is -2.14. The van der Waals surface area contributed by atoms with Crippen molar-refractivity contribution in [3.05, 3.63) is 93.7 Å². The molecule has 29 heavy (non-hydrogen) atoms. The molecule has 6 heteroatoms. The SMILES string of the molecule is O=C(NCC=Cc1cnc(Cl)c(Cl)c1)OCC1c2ccccc2-c2ccccc21. The predicted octanol–water partition coefficient (Wildman–Crippen LogP) is 5.94. The summed E-state index contributed by atoms with van der Waals surface area (Å²) in [5.41, 5.74) is 5.58. The molecule has 3 aromatic rings. The first-order valence-corrected chi connectivity index (χ1v) is 9.95. The topological polar surface area (TPSA) is 51.2 Å². The Kier molecular flexibility index (Phi) is 5.84. The lowest BCUT2D eigenvalue weighted by molar-refractivity contribution is 0.144. The highest BCUT2D eigenvalue weighted by Crippen LogP contribution is 2.44. The molecule has 0 unspecified atom stereocenters. The number of aromatic nitrogens is 1. The number of benzene rings is 2. The molecule has 1 aliphatic carbocycles. The maximum Gasteiger partial charge on any atom is 0.407 e. The van der Waals surface area contributed by atoms with E-state index in [0.717, 1.165) is 5.56 Å². The van der Waals surface area contributed by atoms with Crippen molar-refractivity contribution in [2.24, 2.45) is 0 Å². The molecule has 1 amide bonds. The Morgan fingerprint density at radius 3 is 2.38 bits per heavy atom. The van der Waals surface area contributed by atoms with E-state index in [4.69, 9.17) is 27.9 Å². The highest BCUT2D eigenvalue weighted by Gasteiger charge is 2.28. The number of alkyl carbamates (subject to hydrolysis) is 1. The Balaban J connectivity index is 1.33. The third-order valence-corrected chi connectivity index (χ3v) is 5.52. The minimum absolute atomic E-state index is 0.0472. The second kappa shape index (κ2) is 8.68. The van der Waals surface area contributed by atoms with Gasteiger partial charge in [0.1, 0.15) is 11.8 Å². The van der Waals surface area contributed by atoms with Crippen LogP contribution in [0.2, 0.25) is 10.2 Å². The molecule has 4 nitrogen and oxygen atoms in total. The number of pyridine rings is 1. The van der Waals surface area contributed by atoms with Gasteiger partial charge in [0.05, 0.1) is 5.02 Å². The smallest absolute Gasteiger partial charge is 0.407 e. The van der Waals surface area contributed by atoms with Crippen LogP contribution < -0.4 is 5.32 Å². The van der Waals surface area contributed by atoms with Gasteiger partial charge >= 0.3 is 6.09 Å². The maximum absolute atomic E-state index is 12.1. The molecule has 0 atom stereocenters. The molecular weight excluding hydrogens is 407 g/mol. The van der Waals surface area contributed by atoms with Crippen molar-refractivity contribution in [2.45, 2.75) is 5.92 Å². The van der Waals surface area contributed by atoms with E-state index in [1.54, 1.807) is 24.4 Å².